The summed E-state index contributed by atoms with van der Waals surface area (Å²) in [6.45, 7) is 7.98. The van der Waals surface area contributed by atoms with E-state index in [-0.39, 0.29) is 24.0 Å². The van der Waals surface area contributed by atoms with Crippen LogP contribution >= 0.6 is 11.6 Å². The molecule has 2 rings (SSSR count). The maximum Gasteiger partial charge on any atom is 0.462 e. The Kier molecular flexibility index (Phi) is 7.36. The van der Waals surface area contributed by atoms with Crippen LogP contribution in [0.3, 0.4) is 0 Å². The molecule has 2 N–H and O–H groups in total. The highest BCUT2D eigenvalue weighted by molar-refractivity contribution is 6.48. The van der Waals surface area contributed by atoms with Crippen molar-refractivity contribution in [1.29, 1.82) is 0 Å². The van der Waals surface area contributed by atoms with E-state index < -0.39 is 41.8 Å². The number of halogens is 2. The smallest absolute Gasteiger partial charge is 0.462 e. The van der Waals surface area contributed by atoms with Crippen molar-refractivity contribution < 1.29 is 28.0 Å². The fraction of sp³-hybridized carbons (Fsp3) is 0.632. The van der Waals surface area contributed by atoms with Crippen molar-refractivity contribution in [3.05, 3.63) is 29.0 Å². The van der Waals surface area contributed by atoms with Gasteiger partial charge in [-0.2, -0.15) is 0 Å². The van der Waals surface area contributed by atoms with Crippen LogP contribution in [0, 0.1) is 11.7 Å². The summed E-state index contributed by atoms with van der Waals surface area (Å²) in [6.07, 6.45) is 0.357. The van der Waals surface area contributed by atoms with Crippen LogP contribution in [-0.2, 0) is 18.8 Å². The molecule has 9 heteroatoms. The van der Waals surface area contributed by atoms with Crippen molar-refractivity contribution in [2.45, 2.75) is 51.1 Å². The molecular formula is C19H28BClFNO5. The first kappa shape index (κ1) is 22.9. The number of nitrogens with two attached hydrogens (primary N) is 1. The van der Waals surface area contributed by atoms with Gasteiger partial charge in [-0.3, -0.25) is 4.79 Å². The lowest BCUT2D eigenvalue weighted by molar-refractivity contribution is -0.123. The van der Waals surface area contributed by atoms with Gasteiger partial charge in [-0.15, -0.1) is 0 Å². The Hall–Kier alpha value is -1.35. The predicted molar refractivity (Wildman–Crippen MR) is 106 cm³/mol. The number of rotatable bonds is 9. The lowest BCUT2D eigenvalue weighted by Crippen LogP contribution is -2.41. The standard InChI is InChI=1S/C19H28BClFNO5/c1-18(2)19(3,4)28-20(27-18)14(13(11-25-5)17(23)24)8-9-26-16-7-6-12(21)10-15(16)22/h6-7,10,13-14H,8-9,11H2,1-5H3,(H2,23,24)/t13?,14-/m0/s1. The number of carbonyl (C=O) groups is 1. The van der Waals surface area contributed by atoms with E-state index in [4.69, 9.17) is 36.1 Å². The fourth-order valence-electron chi connectivity index (χ4n) is 3.08. The third kappa shape index (κ3) is 5.17. The summed E-state index contributed by atoms with van der Waals surface area (Å²) in [7, 11) is 0.827. The van der Waals surface area contributed by atoms with Crippen LogP contribution < -0.4 is 10.5 Å². The van der Waals surface area contributed by atoms with Crippen LogP contribution in [0.1, 0.15) is 34.1 Å². The Labute approximate surface area is 170 Å². The van der Waals surface area contributed by atoms with Crippen molar-refractivity contribution in [2.24, 2.45) is 11.7 Å². The molecule has 1 fully saturated rings. The summed E-state index contributed by atoms with van der Waals surface area (Å²) in [5.41, 5.74) is 4.48. The second-order valence-corrected chi connectivity index (χ2v) is 8.40. The number of primary amides is 1. The van der Waals surface area contributed by atoms with Gasteiger partial charge in [0.15, 0.2) is 11.6 Å². The van der Waals surface area contributed by atoms with Crippen LogP contribution in [0.5, 0.6) is 5.75 Å². The van der Waals surface area contributed by atoms with Crippen LogP contribution in [0.2, 0.25) is 10.8 Å². The molecule has 2 atom stereocenters. The van der Waals surface area contributed by atoms with Gasteiger partial charge in [-0.25, -0.2) is 4.39 Å². The fourth-order valence-corrected chi connectivity index (χ4v) is 3.24. The zero-order valence-corrected chi connectivity index (χ0v) is 17.7. The monoisotopic (exact) mass is 415 g/mol. The maximum atomic E-state index is 13.9. The Morgan fingerprint density at radius 3 is 2.39 bits per heavy atom. The molecule has 0 aromatic heterocycles. The van der Waals surface area contributed by atoms with Crippen LogP contribution in [0.15, 0.2) is 18.2 Å². The molecule has 1 saturated heterocycles. The van der Waals surface area contributed by atoms with Crippen LogP contribution in [-0.4, -0.2) is 44.6 Å². The summed E-state index contributed by atoms with van der Waals surface area (Å²) >= 11 is 5.76. The first-order chi connectivity index (χ1) is 13.0. The SMILES string of the molecule is COCC(C(N)=O)[C@H](CCOc1ccc(Cl)cc1F)B1OC(C)(C)C(C)(C)O1. The number of amides is 1. The van der Waals surface area contributed by atoms with E-state index in [0.717, 1.165) is 0 Å². The van der Waals surface area contributed by atoms with Gasteiger partial charge in [-0.1, -0.05) is 11.6 Å². The lowest BCUT2D eigenvalue weighted by atomic mass is 9.63. The second kappa shape index (κ2) is 8.99. The third-order valence-electron chi connectivity index (χ3n) is 5.45. The second-order valence-electron chi connectivity index (χ2n) is 7.96. The molecule has 1 unspecified atom stereocenters. The Bertz CT molecular complexity index is 687. The lowest BCUT2D eigenvalue weighted by Gasteiger charge is -2.32. The van der Waals surface area contributed by atoms with Crippen molar-refractivity contribution in [3.63, 3.8) is 0 Å². The Morgan fingerprint density at radius 1 is 1.29 bits per heavy atom. The first-order valence-corrected chi connectivity index (χ1v) is 9.58. The zero-order chi connectivity index (χ0) is 21.1. The highest BCUT2D eigenvalue weighted by atomic mass is 35.5. The number of hydrogen-bond donors (Lipinski definition) is 1. The summed E-state index contributed by atoms with van der Waals surface area (Å²) in [5, 5.41) is 0.286. The van der Waals surface area contributed by atoms with Crippen molar-refractivity contribution >= 4 is 24.6 Å². The Balaban J connectivity index is 2.15. The molecular weight excluding hydrogens is 387 g/mol. The topological polar surface area (TPSA) is 80.0 Å². The van der Waals surface area contributed by atoms with E-state index in [2.05, 4.69) is 0 Å². The third-order valence-corrected chi connectivity index (χ3v) is 5.69. The minimum absolute atomic E-state index is 0.0828. The number of carbonyl (C=O) groups excluding carboxylic acids is 1. The van der Waals surface area contributed by atoms with E-state index in [0.29, 0.717) is 6.42 Å². The largest absolute Gasteiger partial charge is 0.491 e. The maximum absolute atomic E-state index is 13.9. The summed E-state index contributed by atoms with van der Waals surface area (Å²) in [4.78, 5) is 12.1. The minimum atomic E-state index is -0.670. The molecule has 1 amide bonds. The highest BCUT2D eigenvalue weighted by Crippen LogP contribution is 2.43. The van der Waals surface area contributed by atoms with Gasteiger partial charge in [0.1, 0.15) is 0 Å². The summed E-state index contributed by atoms with van der Waals surface area (Å²) < 4.78 is 36.9. The molecule has 156 valence electrons. The summed E-state index contributed by atoms with van der Waals surface area (Å²) in [6, 6.07) is 4.19. The quantitative estimate of drug-likeness (QED) is 0.625. The molecule has 1 aliphatic heterocycles. The molecule has 1 aromatic rings. The van der Waals surface area contributed by atoms with Crippen molar-refractivity contribution in [3.8, 4) is 5.75 Å². The molecule has 0 bridgehead atoms. The van der Waals surface area contributed by atoms with Gasteiger partial charge in [0, 0.05) is 17.9 Å². The van der Waals surface area contributed by atoms with Crippen molar-refractivity contribution in [2.75, 3.05) is 20.3 Å². The van der Waals surface area contributed by atoms with Crippen LogP contribution in [0.4, 0.5) is 4.39 Å². The van der Waals surface area contributed by atoms with E-state index in [1.807, 2.05) is 27.7 Å². The average Bonchev–Trinajstić information content (AvgIpc) is 2.79. The molecule has 0 saturated carbocycles. The molecule has 0 radical (unpaired) electrons. The van der Waals surface area contributed by atoms with E-state index in [1.165, 1.54) is 19.2 Å². The molecule has 28 heavy (non-hydrogen) atoms. The van der Waals surface area contributed by atoms with Gasteiger partial charge in [0.2, 0.25) is 5.91 Å². The molecule has 0 spiro atoms. The number of ether oxygens (including phenoxy) is 2. The highest BCUT2D eigenvalue weighted by Gasteiger charge is 2.55. The van der Waals surface area contributed by atoms with Gasteiger partial charge in [0.25, 0.3) is 0 Å². The number of methoxy groups -OCH3 is 1. The van der Waals surface area contributed by atoms with Crippen LogP contribution in [0.25, 0.3) is 0 Å². The van der Waals surface area contributed by atoms with Gasteiger partial charge < -0.3 is 24.5 Å². The van der Waals surface area contributed by atoms with E-state index in [1.54, 1.807) is 6.07 Å². The number of hydrogen-bond acceptors (Lipinski definition) is 5. The average molecular weight is 416 g/mol. The normalized spacial score (nSPS) is 20.0. The van der Waals surface area contributed by atoms with Crippen molar-refractivity contribution in [1.82, 2.24) is 0 Å². The van der Waals surface area contributed by atoms with E-state index >= 15 is 0 Å². The molecule has 0 aliphatic carbocycles. The molecule has 1 heterocycles. The predicted octanol–water partition coefficient (Wildman–Crippen LogP) is 3.46. The minimum Gasteiger partial charge on any atom is -0.491 e. The molecule has 1 aromatic carbocycles. The van der Waals surface area contributed by atoms with E-state index in [9.17, 15) is 9.18 Å². The first-order valence-electron chi connectivity index (χ1n) is 9.20. The molecule has 6 nitrogen and oxygen atoms in total. The number of benzene rings is 1. The van der Waals surface area contributed by atoms with Gasteiger partial charge in [-0.05, 0) is 52.3 Å². The van der Waals surface area contributed by atoms with Gasteiger partial charge >= 0.3 is 7.12 Å². The Morgan fingerprint density at radius 2 is 1.89 bits per heavy atom. The molecule has 1 aliphatic rings. The van der Waals surface area contributed by atoms with Gasteiger partial charge in [0.05, 0.1) is 30.3 Å². The summed E-state index contributed by atoms with van der Waals surface area (Å²) in [5.74, 6) is -2.05. The zero-order valence-electron chi connectivity index (χ0n) is 17.0.